The van der Waals surface area contributed by atoms with E-state index in [-0.39, 0.29) is 0 Å². The Balaban J connectivity index is 2.60. The number of ether oxygens (including phenoxy) is 2. The van der Waals surface area contributed by atoms with Crippen molar-refractivity contribution in [2.45, 2.75) is 0 Å². The molecule has 1 aliphatic rings. The molecule has 1 aromatic rings. The molecule has 0 amide bonds. The van der Waals surface area contributed by atoms with E-state index in [2.05, 4.69) is 29.2 Å². The molecule has 2 nitrogen and oxygen atoms in total. The standard InChI is InChI=1S/C10H9IO2/c1-6-5-13-10-7(6)3-4-8(12-2)9(10)11/h3-4H,1,5H2,2H3. The van der Waals surface area contributed by atoms with Crippen LogP contribution in [0.2, 0.25) is 0 Å². The van der Waals surface area contributed by atoms with Crippen molar-refractivity contribution in [3.63, 3.8) is 0 Å². The van der Waals surface area contributed by atoms with Crippen molar-refractivity contribution in [3.8, 4) is 11.5 Å². The number of fused-ring (bicyclic) bond motifs is 1. The van der Waals surface area contributed by atoms with Crippen LogP contribution in [0.25, 0.3) is 5.57 Å². The van der Waals surface area contributed by atoms with E-state index in [0.717, 1.165) is 26.2 Å². The fourth-order valence-corrected chi connectivity index (χ4v) is 2.20. The molecule has 1 heterocycles. The molecule has 0 saturated carbocycles. The van der Waals surface area contributed by atoms with E-state index in [1.54, 1.807) is 7.11 Å². The quantitative estimate of drug-likeness (QED) is 0.740. The van der Waals surface area contributed by atoms with Gasteiger partial charge in [-0.3, -0.25) is 0 Å². The normalized spacial score (nSPS) is 13.8. The van der Waals surface area contributed by atoms with Crippen LogP contribution in [0.1, 0.15) is 5.56 Å². The van der Waals surface area contributed by atoms with Gasteiger partial charge in [0.15, 0.2) is 0 Å². The fraction of sp³-hybridized carbons (Fsp3) is 0.200. The van der Waals surface area contributed by atoms with Gasteiger partial charge in [-0.15, -0.1) is 0 Å². The first-order chi connectivity index (χ1) is 6.24. The zero-order chi connectivity index (χ0) is 9.42. The molecule has 0 N–H and O–H groups in total. The summed E-state index contributed by atoms with van der Waals surface area (Å²) in [5, 5.41) is 0. The predicted octanol–water partition coefficient (Wildman–Crippen LogP) is 2.71. The van der Waals surface area contributed by atoms with Gasteiger partial charge in [0.05, 0.1) is 10.7 Å². The highest BCUT2D eigenvalue weighted by Gasteiger charge is 2.20. The number of benzene rings is 1. The van der Waals surface area contributed by atoms with Crippen molar-refractivity contribution in [1.82, 2.24) is 0 Å². The van der Waals surface area contributed by atoms with Gasteiger partial charge in [-0.25, -0.2) is 0 Å². The van der Waals surface area contributed by atoms with Crippen molar-refractivity contribution < 1.29 is 9.47 Å². The van der Waals surface area contributed by atoms with E-state index < -0.39 is 0 Å². The van der Waals surface area contributed by atoms with Crippen molar-refractivity contribution in [3.05, 3.63) is 27.8 Å². The maximum atomic E-state index is 5.50. The molecule has 0 aliphatic carbocycles. The van der Waals surface area contributed by atoms with Gasteiger partial charge in [-0.2, -0.15) is 0 Å². The molecule has 1 aliphatic heterocycles. The highest BCUT2D eigenvalue weighted by molar-refractivity contribution is 14.1. The Hall–Kier alpha value is -0.710. The molecule has 0 spiro atoms. The van der Waals surface area contributed by atoms with Gasteiger partial charge in [-0.1, -0.05) is 6.58 Å². The zero-order valence-corrected chi connectivity index (χ0v) is 9.42. The molecule has 3 heteroatoms. The van der Waals surface area contributed by atoms with Crippen LogP contribution >= 0.6 is 22.6 Å². The topological polar surface area (TPSA) is 18.5 Å². The summed E-state index contributed by atoms with van der Waals surface area (Å²) < 4.78 is 11.7. The molecular weight excluding hydrogens is 279 g/mol. The fourth-order valence-electron chi connectivity index (χ4n) is 1.35. The van der Waals surface area contributed by atoms with Crippen molar-refractivity contribution in [2.24, 2.45) is 0 Å². The molecule has 13 heavy (non-hydrogen) atoms. The minimum Gasteiger partial charge on any atom is -0.496 e. The zero-order valence-electron chi connectivity index (χ0n) is 7.26. The molecular formula is C10H9IO2. The molecule has 0 unspecified atom stereocenters. The first-order valence-electron chi connectivity index (χ1n) is 3.91. The lowest BCUT2D eigenvalue weighted by Gasteiger charge is -2.06. The van der Waals surface area contributed by atoms with Crippen LogP contribution < -0.4 is 9.47 Å². The maximum Gasteiger partial charge on any atom is 0.144 e. The first kappa shape index (κ1) is 8.87. The number of hydrogen-bond acceptors (Lipinski definition) is 2. The Morgan fingerprint density at radius 1 is 1.54 bits per heavy atom. The van der Waals surface area contributed by atoms with Crippen molar-refractivity contribution >= 4 is 28.2 Å². The second-order valence-corrected chi connectivity index (χ2v) is 3.93. The first-order valence-corrected chi connectivity index (χ1v) is 4.99. The average Bonchev–Trinajstić information content (AvgIpc) is 2.50. The highest BCUT2D eigenvalue weighted by atomic mass is 127. The smallest absolute Gasteiger partial charge is 0.144 e. The van der Waals surface area contributed by atoms with Crippen molar-refractivity contribution in [1.29, 1.82) is 0 Å². The Kier molecular flexibility index (Phi) is 2.19. The second kappa shape index (κ2) is 3.21. The third-order valence-electron chi connectivity index (χ3n) is 2.05. The summed E-state index contributed by atoms with van der Waals surface area (Å²) in [4.78, 5) is 0. The summed E-state index contributed by atoms with van der Waals surface area (Å²) in [6.45, 7) is 4.52. The summed E-state index contributed by atoms with van der Waals surface area (Å²) >= 11 is 2.23. The number of rotatable bonds is 1. The van der Waals surface area contributed by atoms with Gasteiger partial charge in [0.25, 0.3) is 0 Å². The van der Waals surface area contributed by atoms with Gasteiger partial charge in [0.1, 0.15) is 18.1 Å². The van der Waals surface area contributed by atoms with E-state index in [4.69, 9.17) is 9.47 Å². The molecule has 0 bridgehead atoms. The molecule has 1 aromatic carbocycles. The summed E-state index contributed by atoms with van der Waals surface area (Å²) in [6.07, 6.45) is 0. The van der Waals surface area contributed by atoms with Gasteiger partial charge in [-0.05, 0) is 40.3 Å². The highest BCUT2D eigenvalue weighted by Crippen LogP contribution is 2.40. The van der Waals surface area contributed by atoms with E-state index in [9.17, 15) is 0 Å². The lowest BCUT2D eigenvalue weighted by atomic mass is 10.1. The van der Waals surface area contributed by atoms with Gasteiger partial charge < -0.3 is 9.47 Å². The Morgan fingerprint density at radius 2 is 2.31 bits per heavy atom. The summed E-state index contributed by atoms with van der Waals surface area (Å²) in [5.74, 6) is 1.76. The van der Waals surface area contributed by atoms with E-state index in [1.165, 1.54) is 0 Å². The molecule has 0 saturated heterocycles. The number of halogens is 1. The van der Waals surface area contributed by atoms with Crippen molar-refractivity contribution in [2.75, 3.05) is 13.7 Å². The van der Waals surface area contributed by atoms with Crippen LogP contribution in [0.15, 0.2) is 18.7 Å². The molecule has 0 aromatic heterocycles. The van der Waals surface area contributed by atoms with Gasteiger partial charge in [0, 0.05) is 5.56 Å². The maximum absolute atomic E-state index is 5.50. The molecule has 0 radical (unpaired) electrons. The third-order valence-corrected chi connectivity index (χ3v) is 3.07. The van der Waals surface area contributed by atoms with Crippen LogP contribution in [0.4, 0.5) is 0 Å². The predicted molar refractivity (Wildman–Crippen MR) is 60.2 cm³/mol. The monoisotopic (exact) mass is 288 g/mol. The Labute approximate surface area is 90.7 Å². The molecule has 0 fully saturated rings. The lowest BCUT2D eigenvalue weighted by molar-refractivity contribution is 0.374. The SMILES string of the molecule is C=C1COc2c1ccc(OC)c2I. The van der Waals surface area contributed by atoms with Crippen LogP contribution in [0.5, 0.6) is 11.5 Å². The Bertz CT molecular complexity index is 371. The largest absolute Gasteiger partial charge is 0.496 e. The van der Waals surface area contributed by atoms with E-state index in [0.29, 0.717) is 6.61 Å². The summed E-state index contributed by atoms with van der Waals surface area (Å²) in [6, 6.07) is 3.94. The van der Waals surface area contributed by atoms with Crippen LogP contribution in [0, 0.1) is 3.57 Å². The average molecular weight is 288 g/mol. The lowest BCUT2D eigenvalue weighted by Crippen LogP contribution is -1.91. The molecule has 68 valence electrons. The third kappa shape index (κ3) is 1.31. The minimum absolute atomic E-state index is 0.596. The van der Waals surface area contributed by atoms with E-state index in [1.807, 2.05) is 12.1 Å². The van der Waals surface area contributed by atoms with Crippen LogP contribution in [0.3, 0.4) is 0 Å². The second-order valence-electron chi connectivity index (χ2n) is 2.85. The van der Waals surface area contributed by atoms with E-state index >= 15 is 0 Å². The van der Waals surface area contributed by atoms with Crippen LogP contribution in [-0.4, -0.2) is 13.7 Å². The van der Waals surface area contributed by atoms with Crippen LogP contribution in [-0.2, 0) is 0 Å². The summed E-state index contributed by atoms with van der Waals surface area (Å²) in [5.41, 5.74) is 2.14. The molecule has 0 atom stereocenters. The molecule has 2 rings (SSSR count). The summed E-state index contributed by atoms with van der Waals surface area (Å²) in [7, 11) is 1.66. The number of hydrogen-bond donors (Lipinski definition) is 0. The minimum atomic E-state index is 0.596. The number of methoxy groups -OCH3 is 1. The van der Waals surface area contributed by atoms with Gasteiger partial charge in [0.2, 0.25) is 0 Å². The Morgan fingerprint density at radius 3 is 3.00 bits per heavy atom. The van der Waals surface area contributed by atoms with Gasteiger partial charge >= 0.3 is 0 Å².